The molecule has 29 heavy (non-hydrogen) atoms. The van der Waals surface area contributed by atoms with E-state index in [0.29, 0.717) is 11.4 Å². The van der Waals surface area contributed by atoms with Crippen molar-refractivity contribution in [1.82, 2.24) is 4.98 Å². The number of hydrogen-bond acceptors (Lipinski definition) is 4. The van der Waals surface area contributed by atoms with E-state index in [0.717, 1.165) is 31.2 Å². The molecule has 0 bridgehead atoms. The van der Waals surface area contributed by atoms with Crippen LogP contribution in [0.3, 0.4) is 0 Å². The lowest BCUT2D eigenvalue weighted by Crippen LogP contribution is -2.24. The van der Waals surface area contributed by atoms with Crippen molar-refractivity contribution in [2.45, 2.75) is 49.7 Å². The number of rotatable bonds is 6. The van der Waals surface area contributed by atoms with Gasteiger partial charge < -0.3 is 15.2 Å². The standard InChI is InChI=1S/C21H21F3N2O3/c22-21(23,24)7-9-29-14-3-4-16-13(10-14)2-1-6-20(16)11-18(20)26-17-12-25-8-5-15(17)19(27)28/h3-5,8,10,12,18,26H,1-2,6-7,9,11H2,(H,27,28)/t18-,20+/m1/s1. The van der Waals surface area contributed by atoms with Crippen LogP contribution in [0.25, 0.3) is 0 Å². The van der Waals surface area contributed by atoms with Crippen LogP contribution in [-0.4, -0.2) is 34.9 Å². The van der Waals surface area contributed by atoms with Crippen LogP contribution in [0, 0.1) is 0 Å². The van der Waals surface area contributed by atoms with Crippen LogP contribution in [0.4, 0.5) is 18.9 Å². The monoisotopic (exact) mass is 406 g/mol. The molecule has 1 fully saturated rings. The summed E-state index contributed by atoms with van der Waals surface area (Å²) in [5.41, 5.74) is 2.87. The number of hydrogen-bond donors (Lipinski definition) is 2. The molecule has 5 nitrogen and oxygen atoms in total. The van der Waals surface area contributed by atoms with Crippen molar-refractivity contribution >= 4 is 11.7 Å². The molecule has 1 spiro atoms. The van der Waals surface area contributed by atoms with E-state index >= 15 is 0 Å². The zero-order valence-corrected chi connectivity index (χ0v) is 15.6. The van der Waals surface area contributed by atoms with Crippen LogP contribution in [0.15, 0.2) is 36.7 Å². The van der Waals surface area contributed by atoms with Crippen molar-refractivity contribution in [1.29, 1.82) is 0 Å². The molecule has 1 aromatic heterocycles. The number of benzene rings is 1. The Bertz CT molecular complexity index is 932. The Morgan fingerprint density at radius 3 is 2.93 bits per heavy atom. The maximum Gasteiger partial charge on any atom is 0.392 e. The summed E-state index contributed by atoms with van der Waals surface area (Å²) in [7, 11) is 0. The molecule has 0 saturated heterocycles. The number of nitrogens with one attached hydrogen (secondary N) is 1. The smallest absolute Gasteiger partial charge is 0.392 e. The van der Waals surface area contributed by atoms with Gasteiger partial charge in [0, 0.05) is 17.7 Å². The molecule has 2 aliphatic carbocycles. The van der Waals surface area contributed by atoms with Gasteiger partial charge in [-0.05, 0) is 55.0 Å². The van der Waals surface area contributed by atoms with Gasteiger partial charge in [-0.3, -0.25) is 4.98 Å². The van der Waals surface area contributed by atoms with Crippen molar-refractivity contribution in [2.75, 3.05) is 11.9 Å². The van der Waals surface area contributed by atoms with E-state index in [1.807, 2.05) is 12.1 Å². The van der Waals surface area contributed by atoms with Gasteiger partial charge in [0.15, 0.2) is 0 Å². The van der Waals surface area contributed by atoms with Crippen molar-refractivity contribution in [2.24, 2.45) is 0 Å². The number of anilines is 1. The SMILES string of the molecule is O=C(O)c1ccncc1N[C@@H]1C[C@]12CCCc1cc(OCCC(F)(F)F)ccc12. The van der Waals surface area contributed by atoms with Crippen molar-refractivity contribution < 1.29 is 27.8 Å². The van der Waals surface area contributed by atoms with Gasteiger partial charge in [-0.1, -0.05) is 6.07 Å². The zero-order chi connectivity index (χ0) is 20.6. The molecule has 154 valence electrons. The summed E-state index contributed by atoms with van der Waals surface area (Å²) in [5.74, 6) is -0.551. The molecular formula is C21H21F3N2O3. The predicted molar refractivity (Wildman–Crippen MR) is 100 cm³/mol. The number of fused-ring (bicyclic) bond motifs is 2. The second kappa shape index (κ2) is 7.24. The van der Waals surface area contributed by atoms with Crippen molar-refractivity contribution in [3.05, 3.63) is 53.3 Å². The molecule has 1 heterocycles. The number of aryl methyl sites for hydroxylation is 1. The van der Waals surface area contributed by atoms with E-state index in [-0.39, 0.29) is 17.0 Å². The third kappa shape index (κ3) is 4.02. The van der Waals surface area contributed by atoms with Gasteiger partial charge >= 0.3 is 12.1 Å². The minimum Gasteiger partial charge on any atom is -0.493 e. The summed E-state index contributed by atoms with van der Waals surface area (Å²) in [4.78, 5) is 15.4. The average molecular weight is 406 g/mol. The molecule has 2 N–H and O–H groups in total. The molecule has 0 aliphatic heterocycles. The number of carboxylic acids is 1. The van der Waals surface area contributed by atoms with Crippen LogP contribution in [0.2, 0.25) is 0 Å². The van der Waals surface area contributed by atoms with Gasteiger partial charge in [0.1, 0.15) is 5.75 Å². The van der Waals surface area contributed by atoms with E-state index in [1.54, 1.807) is 6.07 Å². The van der Waals surface area contributed by atoms with Crippen LogP contribution >= 0.6 is 0 Å². The largest absolute Gasteiger partial charge is 0.493 e. The van der Waals surface area contributed by atoms with Gasteiger partial charge in [-0.2, -0.15) is 13.2 Å². The summed E-state index contributed by atoms with van der Waals surface area (Å²) in [6.07, 6.45) is 1.45. The lowest BCUT2D eigenvalue weighted by Gasteiger charge is -2.27. The molecule has 1 saturated carbocycles. The Morgan fingerprint density at radius 2 is 2.17 bits per heavy atom. The third-order valence-corrected chi connectivity index (χ3v) is 5.79. The number of aromatic nitrogens is 1. The number of halogens is 3. The predicted octanol–water partition coefficient (Wildman–Crippen LogP) is 4.57. The number of ether oxygens (including phenoxy) is 1. The highest BCUT2D eigenvalue weighted by Crippen LogP contribution is 2.57. The van der Waals surface area contributed by atoms with E-state index in [4.69, 9.17) is 4.74 Å². The summed E-state index contributed by atoms with van der Waals surface area (Å²) < 4.78 is 42.2. The van der Waals surface area contributed by atoms with Gasteiger partial charge in [-0.25, -0.2) is 4.79 Å². The molecule has 0 unspecified atom stereocenters. The van der Waals surface area contributed by atoms with E-state index in [2.05, 4.69) is 10.3 Å². The first-order valence-corrected chi connectivity index (χ1v) is 9.55. The summed E-state index contributed by atoms with van der Waals surface area (Å²) in [6.45, 7) is -0.392. The molecule has 8 heteroatoms. The van der Waals surface area contributed by atoms with Crippen LogP contribution in [0.1, 0.15) is 47.2 Å². The van der Waals surface area contributed by atoms with Gasteiger partial charge in [0.25, 0.3) is 0 Å². The molecule has 2 aliphatic rings. The molecule has 0 radical (unpaired) electrons. The number of aromatic carboxylic acids is 1. The number of pyridine rings is 1. The fourth-order valence-corrected chi connectivity index (χ4v) is 4.32. The fraction of sp³-hybridized carbons (Fsp3) is 0.429. The first-order chi connectivity index (χ1) is 13.8. The second-order valence-electron chi connectivity index (χ2n) is 7.67. The first-order valence-electron chi connectivity index (χ1n) is 9.55. The molecular weight excluding hydrogens is 385 g/mol. The Morgan fingerprint density at radius 1 is 1.34 bits per heavy atom. The first kappa shape index (κ1) is 19.5. The topological polar surface area (TPSA) is 71.5 Å². The highest BCUT2D eigenvalue weighted by Gasteiger charge is 2.57. The summed E-state index contributed by atoms with van der Waals surface area (Å²) in [5, 5.41) is 12.7. The highest BCUT2D eigenvalue weighted by atomic mass is 19.4. The number of alkyl halides is 3. The summed E-state index contributed by atoms with van der Waals surface area (Å²) >= 11 is 0. The van der Waals surface area contributed by atoms with Crippen molar-refractivity contribution in [3.8, 4) is 5.75 Å². The molecule has 0 amide bonds. The Kier molecular flexibility index (Phi) is 4.88. The van der Waals surface area contributed by atoms with Crippen LogP contribution in [-0.2, 0) is 11.8 Å². The van der Waals surface area contributed by atoms with Gasteiger partial charge in [0.05, 0.1) is 30.5 Å². The normalized spacial score (nSPS) is 22.8. The third-order valence-electron chi connectivity index (χ3n) is 5.79. The maximum atomic E-state index is 12.3. The molecule has 4 rings (SSSR count). The number of carboxylic acid groups (broad SMARTS) is 1. The molecule has 2 aromatic rings. The maximum absolute atomic E-state index is 12.3. The minimum atomic E-state index is -4.23. The average Bonchev–Trinajstić information content (AvgIpc) is 3.33. The van der Waals surface area contributed by atoms with E-state index in [1.165, 1.54) is 24.0 Å². The molecule has 1 aromatic carbocycles. The van der Waals surface area contributed by atoms with Crippen molar-refractivity contribution in [3.63, 3.8) is 0 Å². The lowest BCUT2D eigenvalue weighted by molar-refractivity contribution is -0.139. The van der Waals surface area contributed by atoms with E-state index in [9.17, 15) is 23.1 Å². The fourth-order valence-electron chi connectivity index (χ4n) is 4.32. The summed E-state index contributed by atoms with van der Waals surface area (Å²) in [6, 6.07) is 7.08. The second-order valence-corrected chi connectivity index (χ2v) is 7.67. The van der Waals surface area contributed by atoms with E-state index < -0.39 is 25.2 Å². The Labute approximate surface area is 165 Å². The lowest BCUT2D eigenvalue weighted by atomic mass is 9.79. The zero-order valence-electron chi connectivity index (χ0n) is 15.6. The van der Waals surface area contributed by atoms with Gasteiger partial charge in [0.2, 0.25) is 0 Å². The number of carbonyl (C=O) groups is 1. The van der Waals surface area contributed by atoms with Crippen LogP contribution < -0.4 is 10.1 Å². The van der Waals surface area contributed by atoms with Gasteiger partial charge in [-0.15, -0.1) is 0 Å². The Hall–Kier alpha value is -2.77. The van der Waals surface area contributed by atoms with Crippen LogP contribution in [0.5, 0.6) is 5.75 Å². The quantitative estimate of drug-likeness (QED) is 0.735. The highest BCUT2D eigenvalue weighted by molar-refractivity contribution is 5.94. The molecule has 2 atom stereocenters. The number of nitrogens with zero attached hydrogens (tertiary/aromatic N) is 1. The Balaban J connectivity index is 1.49. The minimum absolute atomic E-state index is 0.0797.